The summed E-state index contributed by atoms with van der Waals surface area (Å²) in [5, 5.41) is 11.4. The van der Waals surface area contributed by atoms with Crippen LogP contribution >= 0.6 is 23.2 Å². The number of azide groups is 1. The number of nitrogens with two attached hydrogens (primary N) is 1. The third-order valence-corrected chi connectivity index (χ3v) is 14.9. The zero-order valence-corrected chi connectivity index (χ0v) is 44.6. The molecule has 34 heteroatoms. The lowest BCUT2D eigenvalue weighted by Gasteiger charge is -2.20. The smallest absolute Gasteiger partial charge is 0.491 e. The Morgan fingerprint density at radius 1 is 1.05 bits per heavy atom. The number of phosphoric ester groups is 1. The Hall–Kier alpha value is -6.34. The summed E-state index contributed by atoms with van der Waals surface area (Å²) in [5.41, 5.74) is 16.9. The van der Waals surface area contributed by atoms with Gasteiger partial charge in [-0.3, -0.25) is 28.0 Å². The monoisotopic (exact) mass is 1140 g/mol. The molecule has 1 saturated heterocycles. The number of benzene rings is 1. The van der Waals surface area contributed by atoms with Gasteiger partial charge in [0.05, 0.1) is 38.0 Å². The van der Waals surface area contributed by atoms with Crippen molar-refractivity contribution in [2.24, 2.45) is 5.11 Å². The molecule has 1 fully saturated rings. The predicted octanol–water partition coefficient (Wildman–Crippen LogP) is 2.25. The summed E-state index contributed by atoms with van der Waals surface area (Å²) in [6, 6.07) is 7.79. The normalized spacial score (nSPS) is 20.3. The van der Waals surface area contributed by atoms with Crippen molar-refractivity contribution in [1.82, 2.24) is 30.0 Å². The number of aromatic nitrogens is 3. The van der Waals surface area contributed by atoms with Crippen LogP contribution in [0.5, 0.6) is 5.75 Å². The highest BCUT2D eigenvalue weighted by atomic mass is 31.3. The second kappa shape index (κ2) is 27.8. The molecule has 4 heterocycles. The number of nitrogens with zero attached hydrogens (tertiary/aromatic N) is 6. The van der Waals surface area contributed by atoms with E-state index in [1.807, 2.05) is 6.92 Å². The van der Waals surface area contributed by atoms with Crippen LogP contribution in [-0.2, 0) is 50.6 Å². The largest absolute Gasteiger partial charge is 0.730 e. The molecule has 0 spiro atoms. The maximum Gasteiger partial charge on any atom is 0.730 e. The first-order valence-electron chi connectivity index (χ1n) is 23.3. The molecular formula is C43H57BF2N11O17P3. The molecule has 6 atom stereocenters. The molecular weight excluding hydrogens is 1080 g/mol. The molecule has 77 heavy (non-hydrogen) atoms. The average molecular weight is 1140 g/mol. The van der Waals surface area contributed by atoms with Gasteiger partial charge < -0.3 is 73.3 Å². The molecule has 3 amide bonds. The highest BCUT2D eigenvalue weighted by molar-refractivity contribution is 7.68. The fourth-order valence-corrected chi connectivity index (χ4v) is 10.9. The fraction of sp³-hybridized carbons (Fsp3) is 0.442. The van der Waals surface area contributed by atoms with E-state index < -0.39 is 85.4 Å². The molecule has 0 radical (unpaired) electrons. The van der Waals surface area contributed by atoms with E-state index in [2.05, 4.69) is 60.8 Å². The molecule has 4 unspecified atom stereocenters. The number of hydrogen-bond acceptors (Lipinski definition) is 17. The predicted molar refractivity (Wildman–Crippen MR) is 272 cm³/mol. The van der Waals surface area contributed by atoms with Crippen molar-refractivity contribution in [3.8, 4) is 17.6 Å². The van der Waals surface area contributed by atoms with Gasteiger partial charge in [-0.05, 0) is 86.3 Å². The topological polar surface area (TPSA) is 392 Å². The highest BCUT2D eigenvalue weighted by Gasteiger charge is 2.42. The van der Waals surface area contributed by atoms with E-state index in [9.17, 15) is 42.7 Å². The maximum absolute atomic E-state index is 15.5. The first-order valence-corrected chi connectivity index (χ1v) is 28.3. The molecule has 3 aromatic rings. The molecule has 2 aromatic heterocycles. The Kier molecular flexibility index (Phi) is 22.2. The minimum atomic E-state index is -5.47. The lowest BCUT2D eigenvalue weighted by molar-refractivity contribution is -0.341. The zero-order valence-electron chi connectivity index (χ0n) is 41.9. The summed E-state index contributed by atoms with van der Waals surface area (Å²) < 4.78 is 103. The minimum Gasteiger partial charge on any atom is -0.491 e. The van der Waals surface area contributed by atoms with E-state index in [1.165, 1.54) is 18.3 Å². The summed E-state index contributed by atoms with van der Waals surface area (Å²) in [6.45, 7) is -0.0906. The molecule has 5 rings (SSSR count). The number of aryl methyl sites for hydroxylation is 2. The minimum absolute atomic E-state index is 0.0213. The number of amides is 3. The summed E-state index contributed by atoms with van der Waals surface area (Å²) in [5.74, 6) is 3.91. The molecule has 0 saturated carbocycles. The molecule has 28 nitrogen and oxygen atoms in total. The van der Waals surface area contributed by atoms with Gasteiger partial charge in [-0.1, -0.05) is 29.1 Å². The first-order chi connectivity index (χ1) is 36.2. The molecule has 2 aliphatic heterocycles. The third-order valence-electron chi connectivity index (χ3n) is 10.7. The zero-order chi connectivity index (χ0) is 56.6. The van der Waals surface area contributed by atoms with Gasteiger partial charge in [0, 0.05) is 61.0 Å². The lowest BCUT2D eigenvalue weighted by Crippen LogP contribution is -2.91. The number of phosphoric acid groups is 2. The number of fused-ring (bicyclic) bond motifs is 1. The molecule has 0 bridgehead atoms. The van der Waals surface area contributed by atoms with Gasteiger partial charge in [-0.25, -0.2) is 18.2 Å². The maximum atomic E-state index is 15.5. The third kappa shape index (κ3) is 20.2. The Labute approximate surface area is 438 Å². The van der Waals surface area contributed by atoms with Gasteiger partial charge in [-0.15, -0.1) is 0 Å². The SMILES string of the molecule is CC1=C\c2c(C)cc(C)n2[B-](F)(F)/[NH+]=C(CCC(=O)NCCNC(=O)c2cccc(OCC(N=[N+]=[N-])OCCOCC(=O)NCC#Cc3cn([C@H]4CC[C@@H](COP(=O)(O)OP(=O)(O)OP(C)(=O)O)O4)c(=O)nc3N)c2)/C=C\1. The van der Waals surface area contributed by atoms with E-state index in [0.717, 1.165) is 20.2 Å². The van der Waals surface area contributed by atoms with E-state index in [-0.39, 0.29) is 93.5 Å². The molecule has 1 aromatic carbocycles. The summed E-state index contributed by atoms with van der Waals surface area (Å²) in [7, 11) is -15.4. The Bertz CT molecular complexity index is 3080. The second-order valence-electron chi connectivity index (χ2n) is 17.1. The number of carbonyl (C=O) groups excluding carboxylic acids is 3. The number of nitrogens with one attached hydrogen (secondary N) is 4. The van der Waals surface area contributed by atoms with Crippen LogP contribution in [0.25, 0.3) is 16.5 Å². The van der Waals surface area contributed by atoms with Crippen LogP contribution in [0.4, 0.5) is 14.4 Å². The van der Waals surface area contributed by atoms with Crippen LogP contribution in [0.15, 0.2) is 64.2 Å². The summed E-state index contributed by atoms with van der Waals surface area (Å²) in [6.07, 6.45) is 3.47. The Morgan fingerprint density at radius 2 is 1.81 bits per heavy atom. The summed E-state index contributed by atoms with van der Waals surface area (Å²) in [4.78, 5) is 87.7. The van der Waals surface area contributed by atoms with Crippen molar-refractivity contribution in [2.45, 2.75) is 65.0 Å². The van der Waals surface area contributed by atoms with E-state index in [0.29, 0.717) is 18.1 Å². The number of rotatable bonds is 26. The molecule has 0 aliphatic carbocycles. The number of halogens is 2. The quantitative estimate of drug-likeness (QED) is 0.0109. The van der Waals surface area contributed by atoms with E-state index in [1.54, 1.807) is 50.3 Å². The molecule has 418 valence electrons. The van der Waals surface area contributed by atoms with Crippen LogP contribution in [0.3, 0.4) is 0 Å². The number of allylic oxidation sites excluding steroid dienone is 3. The van der Waals surface area contributed by atoms with Gasteiger partial charge in [0.2, 0.25) is 11.8 Å². The van der Waals surface area contributed by atoms with Gasteiger partial charge in [0.25, 0.3) is 5.91 Å². The van der Waals surface area contributed by atoms with Crippen LogP contribution in [0.2, 0.25) is 0 Å². The van der Waals surface area contributed by atoms with Crippen LogP contribution in [-0.4, -0.2) is 131 Å². The number of ether oxygens (including phenoxy) is 4. The summed E-state index contributed by atoms with van der Waals surface area (Å²) >= 11 is 0. The Balaban J connectivity index is 0.969. The van der Waals surface area contributed by atoms with Gasteiger partial charge in [-0.2, -0.15) is 9.29 Å². The highest BCUT2D eigenvalue weighted by Crippen LogP contribution is 2.66. The number of nitrogen functional groups attached to an aromatic ring is 1. The number of anilines is 1. The number of carbonyl (C=O) groups is 3. The molecule has 2 aliphatic rings. The van der Waals surface area contributed by atoms with Crippen molar-refractivity contribution in [3.05, 3.63) is 103 Å². The first kappa shape index (κ1) is 61.5. The van der Waals surface area contributed by atoms with Crippen molar-refractivity contribution in [1.29, 1.82) is 0 Å². The van der Waals surface area contributed by atoms with Gasteiger partial charge in [0.1, 0.15) is 36.7 Å². The average Bonchev–Trinajstić information content (AvgIpc) is 3.93. The fourth-order valence-electron chi connectivity index (χ4n) is 7.40. The lowest BCUT2D eigenvalue weighted by atomic mass is 9.96. The van der Waals surface area contributed by atoms with Crippen molar-refractivity contribution < 1.29 is 88.4 Å². The van der Waals surface area contributed by atoms with E-state index >= 15 is 8.63 Å². The van der Waals surface area contributed by atoms with Gasteiger partial charge >= 0.3 is 35.9 Å². The van der Waals surface area contributed by atoms with Crippen LogP contribution in [0, 0.1) is 25.7 Å². The number of hydrogen-bond donors (Lipinski definition) is 8. The van der Waals surface area contributed by atoms with Gasteiger partial charge in [0.15, 0.2) is 6.23 Å². The van der Waals surface area contributed by atoms with Crippen molar-refractivity contribution in [3.63, 3.8) is 0 Å². The second-order valence-corrected chi connectivity index (χ2v) is 22.1. The van der Waals surface area contributed by atoms with Crippen LogP contribution < -0.4 is 37.0 Å². The Morgan fingerprint density at radius 3 is 2.55 bits per heavy atom. The molecule has 9 N–H and O–H groups in total. The van der Waals surface area contributed by atoms with E-state index in [4.69, 9.17) is 35.1 Å². The van der Waals surface area contributed by atoms with Crippen molar-refractivity contribution in [2.75, 3.05) is 65.1 Å². The van der Waals surface area contributed by atoms with Crippen LogP contribution in [0.1, 0.15) is 71.7 Å². The standard InChI is InChI=1S/C43H57BF2N11O17P3/c1-28-10-11-33(53-44(45,46)57-30(3)22-29(2)36(57)21-28)12-14-37(58)50-17-18-51-42(60)31-7-5-9-34(23-31)70-27-39(54-55-48)69-20-19-68-26-38(59)49-16-6-8-32-24-56(43(61)52-41(32)47)40-15-13-35(72-40)25-71-76(64,65)74-77(66,67)73-75(4,62)63/h5,7,9-11,21-24,35,39-40,53H,12-20,25-27H2,1-4H3,(H,49,59)(H,50,58)(H,51,60)(H,62,63)(H,64,65)(H,66,67)(H2,47,52,61)/b11-10-,28-21+,53-33-/t35-,39?,40+/m0/s1. The van der Waals surface area contributed by atoms with Crippen molar-refractivity contribution >= 4 is 65.5 Å².